The van der Waals surface area contributed by atoms with Gasteiger partial charge in [-0.1, -0.05) is 72.2 Å². The van der Waals surface area contributed by atoms with Crippen LogP contribution in [0.3, 0.4) is 0 Å². The maximum absolute atomic E-state index is 14.8. The topological polar surface area (TPSA) is 96.6 Å². The summed E-state index contributed by atoms with van der Waals surface area (Å²) in [5.74, 6) is 0.112. The van der Waals surface area contributed by atoms with Crippen LogP contribution in [0.2, 0.25) is 0 Å². The van der Waals surface area contributed by atoms with Crippen LogP contribution >= 0.6 is 0 Å². The van der Waals surface area contributed by atoms with Crippen molar-refractivity contribution < 1.29 is 17.3 Å². The van der Waals surface area contributed by atoms with Crippen LogP contribution in [0.5, 0.6) is 0 Å². The molecule has 0 spiro atoms. The summed E-state index contributed by atoms with van der Waals surface area (Å²) < 4.78 is 48.0. The van der Waals surface area contributed by atoms with Crippen molar-refractivity contribution in [2.45, 2.75) is 24.7 Å². The molecule has 0 bridgehead atoms. The number of benzene rings is 3. The van der Waals surface area contributed by atoms with Gasteiger partial charge >= 0.3 is 0 Å². The van der Waals surface area contributed by atoms with Gasteiger partial charge < -0.3 is 9.84 Å². The van der Waals surface area contributed by atoms with Crippen molar-refractivity contribution in [1.29, 1.82) is 0 Å². The van der Waals surface area contributed by atoms with Gasteiger partial charge in [-0.3, -0.25) is 4.99 Å². The number of sulfonamides is 1. The predicted molar refractivity (Wildman–Crippen MR) is 134 cm³/mol. The smallest absolute Gasteiger partial charge is 0.264 e. The molecular weight excluding hydrogens is 467 g/mol. The fraction of sp³-hybridized carbons (Fsp3) is 0.154. The van der Waals surface area contributed by atoms with E-state index in [1.165, 1.54) is 25.2 Å². The number of guanidine groups is 1. The molecule has 0 aliphatic carbocycles. The standard InChI is InChI=1S/C26H25FN4O3S/c1-17-9-12-21(13-10-17)35(32,33)31-26(28-3)29-25-16-24(34-30-25)18(2)20-11-14-22(23(27)15-20)19-7-5-4-6-8-19/h4-16,18H,1-3H3,(H2,28,29,30,31). The number of aryl methyl sites for hydroxylation is 1. The van der Waals surface area contributed by atoms with E-state index in [1.54, 1.807) is 24.3 Å². The summed E-state index contributed by atoms with van der Waals surface area (Å²) in [6.07, 6.45) is 0. The number of hydrogen-bond donors (Lipinski definition) is 2. The van der Waals surface area contributed by atoms with Gasteiger partial charge in [-0.25, -0.2) is 17.5 Å². The van der Waals surface area contributed by atoms with Crippen molar-refractivity contribution in [3.8, 4) is 11.1 Å². The van der Waals surface area contributed by atoms with E-state index in [0.717, 1.165) is 11.1 Å². The lowest BCUT2D eigenvalue weighted by Gasteiger charge is -2.11. The van der Waals surface area contributed by atoms with Gasteiger partial charge in [0.05, 0.1) is 4.90 Å². The minimum absolute atomic E-state index is 0.0173. The Morgan fingerprint density at radius 1 is 1.03 bits per heavy atom. The Labute approximate surface area is 203 Å². The fourth-order valence-electron chi connectivity index (χ4n) is 3.52. The molecule has 0 amide bonds. The Bertz CT molecular complexity index is 1450. The second kappa shape index (κ2) is 10.1. The number of nitrogens with zero attached hydrogens (tertiary/aromatic N) is 2. The molecule has 1 unspecified atom stereocenters. The molecule has 4 aromatic rings. The number of rotatable bonds is 6. The molecule has 0 radical (unpaired) electrons. The fourth-order valence-corrected chi connectivity index (χ4v) is 4.53. The lowest BCUT2D eigenvalue weighted by atomic mass is 9.95. The first-order valence-electron chi connectivity index (χ1n) is 10.9. The highest BCUT2D eigenvalue weighted by molar-refractivity contribution is 7.90. The van der Waals surface area contributed by atoms with Gasteiger partial charge in [0.15, 0.2) is 5.82 Å². The molecule has 4 rings (SSSR count). The monoisotopic (exact) mass is 492 g/mol. The summed E-state index contributed by atoms with van der Waals surface area (Å²) >= 11 is 0. The Kier molecular flexibility index (Phi) is 6.97. The summed E-state index contributed by atoms with van der Waals surface area (Å²) in [4.78, 5) is 4.07. The zero-order valence-corrected chi connectivity index (χ0v) is 20.3. The maximum atomic E-state index is 14.8. The van der Waals surface area contributed by atoms with E-state index in [0.29, 0.717) is 16.9 Å². The average Bonchev–Trinajstić information content (AvgIpc) is 3.32. The van der Waals surface area contributed by atoms with Crippen LogP contribution in [0, 0.1) is 12.7 Å². The van der Waals surface area contributed by atoms with Gasteiger partial charge in [0.2, 0.25) is 5.96 Å². The molecule has 0 fully saturated rings. The summed E-state index contributed by atoms with van der Waals surface area (Å²) in [6, 6.07) is 22.5. The zero-order valence-electron chi connectivity index (χ0n) is 19.5. The molecule has 0 aliphatic heterocycles. The average molecular weight is 493 g/mol. The van der Waals surface area contributed by atoms with E-state index in [-0.39, 0.29) is 28.4 Å². The molecule has 1 atom stereocenters. The molecule has 35 heavy (non-hydrogen) atoms. The predicted octanol–water partition coefficient (Wildman–Crippen LogP) is 5.32. The van der Waals surface area contributed by atoms with Crippen LogP contribution in [0.4, 0.5) is 10.2 Å². The number of aromatic nitrogens is 1. The van der Waals surface area contributed by atoms with Crippen LogP contribution in [-0.4, -0.2) is 26.6 Å². The summed E-state index contributed by atoms with van der Waals surface area (Å²) in [5.41, 5.74) is 2.99. The van der Waals surface area contributed by atoms with Gasteiger partial charge in [0.25, 0.3) is 10.0 Å². The van der Waals surface area contributed by atoms with Gasteiger partial charge in [0, 0.05) is 24.6 Å². The Morgan fingerprint density at radius 3 is 2.40 bits per heavy atom. The largest absolute Gasteiger partial charge is 0.359 e. The number of nitrogens with one attached hydrogen (secondary N) is 2. The third-order valence-corrected chi connectivity index (χ3v) is 6.92. The highest BCUT2D eigenvalue weighted by atomic mass is 32.2. The Morgan fingerprint density at radius 2 is 1.74 bits per heavy atom. The van der Waals surface area contributed by atoms with Crippen molar-refractivity contribution in [2.24, 2.45) is 4.99 Å². The third-order valence-electron chi connectivity index (χ3n) is 5.57. The summed E-state index contributed by atoms with van der Waals surface area (Å²) in [7, 11) is -2.39. The van der Waals surface area contributed by atoms with Gasteiger partial charge in [-0.2, -0.15) is 0 Å². The van der Waals surface area contributed by atoms with Gasteiger partial charge in [-0.15, -0.1) is 0 Å². The molecule has 0 saturated carbocycles. The lowest BCUT2D eigenvalue weighted by Crippen LogP contribution is -2.36. The van der Waals surface area contributed by atoms with Crippen molar-refractivity contribution in [3.05, 3.63) is 102 Å². The van der Waals surface area contributed by atoms with E-state index >= 15 is 0 Å². The number of hydrogen-bond acceptors (Lipinski definition) is 5. The Hall–Kier alpha value is -3.98. The maximum Gasteiger partial charge on any atom is 0.264 e. The second-order valence-electron chi connectivity index (χ2n) is 8.06. The molecule has 0 aliphatic rings. The van der Waals surface area contributed by atoms with Crippen LogP contribution < -0.4 is 10.0 Å². The molecule has 1 aromatic heterocycles. The minimum atomic E-state index is -3.84. The van der Waals surface area contributed by atoms with E-state index < -0.39 is 10.0 Å². The molecule has 7 nitrogen and oxygen atoms in total. The molecule has 1 heterocycles. The summed E-state index contributed by atoms with van der Waals surface area (Å²) in [6.45, 7) is 3.75. The minimum Gasteiger partial charge on any atom is -0.359 e. The second-order valence-corrected chi connectivity index (χ2v) is 9.74. The third kappa shape index (κ3) is 5.58. The van der Waals surface area contributed by atoms with E-state index in [4.69, 9.17) is 4.52 Å². The van der Waals surface area contributed by atoms with Crippen molar-refractivity contribution in [2.75, 3.05) is 12.4 Å². The van der Waals surface area contributed by atoms with Crippen LogP contribution in [0.15, 0.2) is 93.3 Å². The summed E-state index contributed by atoms with van der Waals surface area (Å²) in [5, 5.41) is 6.77. The highest BCUT2D eigenvalue weighted by Gasteiger charge is 2.20. The normalized spacial score (nSPS) is 12.9. The lowest BCUT2D eigenvalue weighted by molar-refractivity contribution is 0.378. The zero-order chi connectivity index (χ0) is 25.0. The van der Waals surface area contributed by atoms with Gasteiger partial charge in [-0.05, 0) is 36.2 Å². The highest BCUT2D eigenvalue weighted by Crippen LogP contribution is 2.30. The van der Waals surface area contributed by atoms with E-state index in [2.05, 4.69) is 20.2 Å². The molecule has 3 aromatic carbocycles. The first-order valence-corrected chi connectivity index (χ1v) is 12.4. The molecule has 2 N–H and O–H groups in total. The Balaban J connectivity index is 1.47. The number of anilines is 1. The van der Waals surface area contributed by atoms with E-state index in [1.807, 2.05) is 50.2 Å². The number of aliphatic imine (C=N–C) groups is 1. The van der Waals surface area contributed by atoms with Crippen LogP contribution in [0.1, 0.15) is 29.7 Å². The first-order chi connectivity index (χ1) is 16.8. The van der Waals surface area contributed by atoms with Crippen molar-refractivity contribution in [1.82, 2.24) is 9.88 Å². The van der Waals surface area contributed by atoms with E-state index in [9.17, 15) is 12.8 Å². The molecule has 9 heteroatoms. The quantitative estimate of drug-likeness (QED) is 0.281. The van der Waals surface area contributed by atoms with Crippen LogP contribution in [0.25, 0.3) is 11.1 Å². The van der Waals surface area contributed by atoms with Gasteiger partial charge in [0.1, 0.15) is 11.6 Å². The van der Waals surface area contributed by atoms with Crippen molar-refractivity contribution in [3.63, 3.8) is 0 Å². The number of halogens is 1. The van der Waals surface area contributed by atoms with Crippen LogP contribution in [-0.2, 0) is 10.0 Å². The molecular formula is C26H25FN4O3S. The van der Waals surface area contributed by atoms with Crippen molar-refractivity contribution >= 4 is 21.8 Å². The first kappa shape index (κ1) is 24.2. The molecule has 180 valence electrons. The SMILES string of the molecule is CN=C(Nc1cc(C(C)c2ccc(-c3ccccc3)c(F)c2)on1)NS(=O)(=O)c1ccc(C)cc1. The molecule has 0 saturated heterocycles.